The fourth-order valence-corrected chi connectivity index (χ4v) is 1.99. The molecule has 0 saturated carbocycles. The Kier molecular flexibility index (Phi) is 5.31. The number of hydrazine groups is 1. The first kappa shape index (κ1) is 15.5. The molecule has 2 aliphatic heterocycles. The van der Waals surface area contributed by atoms with Gasteiger partial charge in [0, 0.05) is 19.6 Å². The van der Waals surface area contributed by atoms with Crippen LogP contribution in [0.15, 0.2) is 0 Å². The van der Waals surface area contributed by atoms with Gasteiger partial charge < -0.3 is 25.8 Å². The molecule has 21 heavy (non-hydrogen) atoms. The highest BCUT2D eigenvalue weighted by atomic mass is 16.5. The van der Waals surface area contributed by atoms with E-state index in [1.54, 1.807) is 5.01 Å². The Morgan fingerprint density at radius 2 is 2.14 bits per heavy atom. The fraction of sp³-hybridized carbons (Fsp3) is 0.727. The summed E-state index contributed by atoms with van der Waals surface area (Å²) in [5, 5.41) is 18.2. The number of rotatable bonds is 5. The van der Waals surface area contributed by atoms with E-state index < -0.39 is 36.5 Å². The van der Waals surface area contributed by atoms with Gasteiger partial charge in [0.25, 0.3) is 5.91 Å². The number of aliphatic hydroxyl groups excluding tert-OH is 1. The number of nitrogens with one attached hydrogen (secondary N) is 4. The minimum absolute atomic E-state index is 0.147. The molecule has 0 aromatic heterocycles. The molecule has 2 atom stereocenters. The molecule has 5 N–H and O–H groups in total. The van der Waals surface area contributed by atoms with Gasteiger partial charge in [-0.3, -0.25) is 15.0 Å². The minimum atomic E-state index is -1.07. The van der Waals surface area contributed by atoms with Crippen LogP contribution in [0.1, 0.15) is 0 Å². The van der Waals surface area contributed by atoms with Crippen molar-refractivity contribution in [2.45, 2.75) is 12.1 Å². The summed E-state index contributed by atoms with van der Waals surface area (Å²) in [6.07, 6.45) is 0. The van der Waals surface area contributed by atoms with Gasteiger partial charge in [0.1, 0.15) is 12.1 Å². The van der Waals surface area contributed by atoms with Crippen LogP contribution in [-0.2, 0) is 14.3 Å². The maximum absolute atomic E-state index is 12.0. The molecular formula is C11H19N5O5. The summed E-state index contributed by atoms with van der Waals surface area (Å²) in [5.41, 5.74) is 2.61. The second kappa shape index (κ2) is 7.20. The van der Waals surface area contributed by atoms with Crippen molar-refractivity contribution in [3.63, 3.8) is 0 Å². The summed E-state index contributed by atoms with van der Waals surface area (Å²) >= 11 is 0. The van der Waals surface area contributed by atoms with E-state index in [-0.39, 0.29) is 6.54 Å². The molecule has 0 spiro atoms. The van der Waals surface area contributed by atoms with Crippen LogP contribution in [0.25, 0.3) is 0 Å². The SMILES string of the molecule is O=C1NCC(C(=O)NC(CO)C(=O)NN2CCOCC2)N1. The van der Waals surface area contributed by atoms with Gasteiger partial charge in [0.05, 0.1) is 19.8 Å². The third kappa shape index (κ3) is 4.28. The maximum Gasteiger partial charge on any atom is 0.315 e. The van der Waals surface area contributed by atoms with Gasteiger partial charge in [-0.1, -0.05) is 0 Å². The van der Waals surface area contributed by atoms with Gasteiger partial charge in [0.2, 0.25) is 5.91 Å². The lowest BCUT2D eigenvalue weighted by Crippen LogP contribution is -2.58. The molecule has 10 nitrogen and oxygen atoms in total. The first-order valence-corrected chi connectivity index (χ1v) is 6.69. The first-order valence-electron chi connectivity index (χ1n) is 6.69. The zero-order chi connectivity index (χ0) is 15.2. The number of aliphatic hydroxyl groups is 1. The van der Waals surface area contributed by atoms with Crippen LogP contribution in [0.4, 0.5) is 4.79 Å². The van der Waals surface area contributed by atoms with E-state index in [0.717, 1.165) is 0 Å². The van der Waals surface area contributed by atoms with Crippen LogP contribution in [-0.4, -0.2) is 79.5 Å². The van der Waals surface area contributed by atoms with Crippen LogP contribution in [0.2, 0.25) is 0 Å². The number of hydrogen-bond acceptors (Lipinski definition) is 6. The summed E-state index contributed by atoms with van der Waals surface area (Å²) in [4.78, 5) is 34.8. The van der Waals surface area contributed by atoms with Crippen LogP contribution >= 0.6 is 0 Å². The predicted octanol–water partition coefficient (Wildman–Crippen LogP) is -3.49. The summed E-state index contributed by atoms with van der Waals surface area (Å²) in [7, 11) is 0. The summed E-state index contributed by atoms with van der Waals surface area (Å²) in [6, 6.07) is -2.26. The van der Waals surface area contributed by atoms with E-state index in [9.17, 15) is 19.5 Å². The van der Waals surface area contributed by atoms with E-state index in [1.165, 1.54) is 0 Å². The molecule has 2 aliphatic rings. The highest BCUT2D eigenvalue weighted by Crippen LogP contribution is 1.96. The Morgan fingerprint density at radius 1 is 1.43 bits per heavy atom. The third-order valence-corrected chi connectivity index (χ3v) is 3.18. The van der Waals surface area contributed by atoms with Crippen molar-refractivity contribution in [2.75, 3.05) is 39.5 Å². The lowest BCUT2D eigenvalue weighted by Gasteiger charge is -2.28. The Bertz CT molecular complexity index is 412. The average Bonchev–Trinajstić information content (AvgIpc) is 2.92. The van der Waals surface area contributed by atoms with Crippen molar-refractivity contribution >= 4 is 17.8 Å². The molecule has 2 fully saturated rings. The number of carbonyl (C=O) groups is 3. The molecular weight excluding hydrogens is 282 g/mol. The number of ether oxygens (including phenoxy) is 1. The van der Waals surface area contributed by atoms with Crippen LogP contribution in [0, 0.1) is 0 Å². The number of hydrogen-bond donors (Lipinski definition) is 5. The van der Waals surface area contributed by atoms with Crippen molar-refractivity contribution in [2.24, 2.45) is 0 Å². The molecule has 2 rings (SSSR count). The second-order valence-corrected chi connectivity index (χ2v) is 4.73. The third-order valence-electron chi connectivity index (χ3n) is 3.18. The zero-order valence-electron chi connectivity index (χ0n) is 11.4. The Labute approximate surface area is 121 Å². The summed E-state index contributed by atoms with van der Waals surface area (Å²) < 4.78 is 5.15. The average molecular weight is 301 g/mol. The largest absolute Gasteiger partial charge is 0.394 e. The molecule has 0 radical (unpaired) electrons. The minimum Gasteiger partial charge on any atom is -0.394 e. The number of morpholine rings is 1. The van der Waals surface area contributed by atoms with Gasteiger partial charge in [-0.2, -0.15) is 0 Å². The molecule has 0 aliphatic carbocycles. The number of urea groups is 1. The number of nitrogens with zero attached hydrogens (tertiary/aromatic N) is 1. The van der Waals surface area contributed by atoms with Gasteiger partial charge in [0.15, 0.2) is 0 Å². The molecule has 10 heteroatoms. The molecule has 0 aromatic rings. The monoisotopic (exact) mass is 301 g/mol. The molecule has 2 heterocycles. The Balaban J connectivity index is 1.82. The van der Waals surface area contributed by atoms with Crippen molar-refractivity contribution in [3.05, 3.63) is 0 Å². The van der Waals surface area contributed by atoms with E-state index >= 15 is 0 Å². The van der Waals surface area contributed by atoms with Gasteiger partial charge >= 0.3 is 6.03 Å². The molecule has 2 unspecified atom stereocenters. The lowest BCUT2D eigenvalue weighted by molar-refractivity contribution is -0.135. The number of amides is 4. The van der Waals surface area contributed by atoms with Crippen LogP contribution in [0.3, 0.4) is 0 Å². The molecule has 0 aromatic carbocycles. The Morgan fingerprint density at radius 3 is 2.71 bits per heavy atom. The molecule has 0 bridgehead atoms. The highest BCUT2D eigenvalue weighted by molar-refractivity contribution is 5.93. The van der Waals surface area contributed by atoms with E-state index in [1.807, 2.05) is 0 Å². The predicted molar refractivity (Wildman–Crippen MR) is 69.9 cm³/mol. The standard InChI is InChI=1S/C11H19N5O5/c17-6-8(10(19)15-16-1-3-21-4-2-16)13-9(18)7-5-12-11(20)14-7/h7-8,17H,1-6H2,(H,13,18)(H,15,19)(H2,12,14,20). The van der Waals surface area contributed by atoms with Crippen LogP contribution in [0.5, 0.6) is 0 Å². The summed E-state index contributed by atoms with van der Waals surface area (Å²) in [5.74, 6) is -1.03. The topological polar surface area (TPSA) is 132 Å². The molecule has 4 amide bonds. The maximum atomic E-state index is 12.0. The zero-order valence-corrected chi connectivity index (χ0v) is 11.4. The Hall–Kier alpha value is -1.91. The number of carbonyl (C=O) groups excluding carboxylic acids is 3. The van der Waals surface area contributed by atoms with Crippen molar-refractivity contribution < 1.29 is 24.2 Å². The van der Waals surface area contributed by atoms with Gasteiger partial charge in [-0.15, -0.1) is 0 Å². The van der Waals surface area contributed by atoms with E-state index in [2.05, 4.69) is 21.4 Å². The normalized spacial score (nSPS) is 23.9. The smallest absolute Gasteiger partial charge is 0.315 e. The van der Waals surface area contributed by atoms with Crippen molar-refractivity contribution in [1.29, 1.82) is 0 Å². The molecule has 118 valence electrons. The van der Waals surface area contributed by atoms with Crippen molar-refractivity contribution in [3.8, 4) is 0 Å². The van der Waals surface area contributed by atoms with Crippen LogP contribution < -0.4 is 21.4 Å². The molecule has 2 saturated heterocycles. The lowest BCUT2D eigenvalue weighted by atomic mass is 10.2. The second-order valence-electron chi connectivity index (χ2n) is 4.73. The highest BCUT2D eigenvalue weighted by Gasteiger charge is 2.30. The van der Waals surface area contributed by atoms with Gasteiger partial charge in [-0.25, -0.2) is 9.80 Å². The van der Waals surface area contributed by atoms with E-state index in [4.69, 9.17) is 4.74 Å². The van der Waals surface area contributed by atoms with Crippen molar-refractivity contribution in [1.82, 2.24) is 26.4 Å². The quantitative estimate of drug-likeness (QED) is 0.358. The van der Waals surface area contributed by atoms with Gasteiger partial charge in [-0.05, 0) is 0 Å². The summed E-state index contributed by atoms with van der Waals surface area (Å²) in [6.45, 7) is 1.72. The first-order chi connectivity index (χ1) is 10.1. The fourth-order valence-electron chi connectivity index (χ4n) is 1.99. The van der Waals surface area contributed by atoms with E-state index in [0.29, 0.717) is 26.3 Å².